The first-order chi connectivity index (χ1) is 29.2. The Balaban J connectivity index is 1.16. The van der Waals surface area contributed by atoms with E-state index in [2.05, 4.69) is 180 Å². The van der Waals surface area contributed by atoms with Gasteiger partial charge in [-0.15, -0.1) is 0 Å². The summed E-state index contributed by atoms with van der Waals surface area (Å²) in [7, 11) is 0. The van der Waals surface area contributed by atoms with Gasteiger partial charge in [-0.25, -0.2) is 4.98 Å². The van der Waals surface area contributed by atoms with Crippen molar-refractivity contribution in [2.24, 2.45) is 5.92 Å². The summed E-state index contributed by atoms with van der Waals surface area (Å²) in [4.78, 5) is 5.32. The number of imidazole rings is 1. The van der Waals surface area contributed by atoms with Gasteiger partial charge in [-0.1, -0.05) is 127 Å². The molecule has 7 aromatic carbocycles. The summed E-state index contributed by atoms with van der Waals surface area (Å²) in [6, 6.07) is 50.0. The van der Waals surface area contributed by atoms with Crippen LogP contribution in [-0.2, 0) is 12.8 Å². The van der Waals surface area contributed by atoms with Gasteiger partial charge in [-0.05, 0) is 153 Å². The maximum atomic E-state index is 5.32. The predicted octanol–water partition coefficient (Wildman–Crippen LogP) is 12.0. The summed E-state index contributed by atoms with van der Waals surface area (Å²) in [6.07, 6.45) is 21.6. The van der Waals surface area contributed by atoms with E-state index in [1.165, 1.54) is 102 Å². The smallest absolute Gasteiger partial charge is 0.118 e. The molecule has 1 fully saturated rings. The molecular weight excluding hydrogens is 715 g/mol. The third kappa shape index (κ3) is 5.82. The average Bonchev–Trinajstić information content (AvgIpc) is 3.38. The molecule has 3 heterocycles. The van der Waals surface area contributed by atoms with Crippen molar-refractivity contribution in [3.05, 3.63) is 202 Å². The Morgan fingerprint density at radius 1 is 0.627 bits per heavy atom. The lowest BCUT2D eigenvalue weighted by Gasteiger charge is -2.33. The van der Waals surface area contributed by atoms with E-state index in [1.54, 1.807) is 0 Å². The Morgan fingerprint density at radius 3 is 2.20 bits per heavy atom. The number of nitrogens with one attached hydrogen (secondary N) is 1. The van der Waals surface area contributed by atoms with Crippen molar-refractivity contribution in [3.63, 3.8) is 0 Å². The molecule has 3 nitrogen and oxygen atoms in total. The van der Waals surface area contributed by atoms with Crippen LogP contribution in [0.25, 0.3) is 72.3 Å². The second kappa shape index (κ2) is 14.0. The van der Waals surface area contributed by atoms with Gasteiger partial charge < -0.3 is 5.32 Å². The molecule has 0 radical (unpaired) electrons. The van der Waals surface area contributed by atoms with Gasteiger partial charge in [0.1, 0.15) is 5.82 Å². The molecule has 0 spiro atoms. The van der Waals surface area contributed by atoms with Crippen molar-refractivity contribution in [3.8, 4) is 27.9 Å². The monoisotopic (exact) mass is 759 g/mol. The molecule has 2 unspecified atom stereocenters. The average molecular weight is 760 g/mol. The van der Waals surface area contributed by atoms with Crippen LogP contribution in [0.2, 0.25) is 0 Å². The standard InChI is InChI=1S/C56H45N3/c1-2-14-36(15-3-1)30-54-58-51-23-12-13-25-53(51)59(54)43-32-40(49-34-38-27-26-37-16-4-6-18-44(37)55(38)47-21-9-7-19-45(47)49)31-41(33-43)50-35-39-28-29-42-17-5-11-24-52(57-42)56(39)48-22-10-8-20-46(48)50/h1-4,6-10,12-16,18-23,25,28-29,31-35,37,44,57H,5,11,17,24,26-27,30H2. The molecule has 2 atom stereocenters. The quantitative estimate of drug-likeness (QED) is 0.189. The normalized spacial score (nSPS) is 18.0. The van der Waals surface area contributed by atoms with E-state index >= 15 is 0 Å². The molecule has 284 valence electrons. The second-order valence-electron chi connectivity index (χ2n) is 16.9. The highest BCUT2D eigenvalue weighted by atomic mass is 15.1. The van der Waals surface area contributed by atoms with Crippen LogP contribution in [0.3, 0.4) is 0 Å². The first-order valence-corrected chi connectivity index (χ1v) is 21.5. The summed E-state index contributed by atoms with van der Waals surface area (Å²) in [5.74, 6) is 2.01. The highest BCUT2D eigenvalue weighted by Crippen LogP contribution is 2.47. The van der Waals surface area contributed by atoms with Crippen LogP contribution in [0.5, 0.6) is 0 Å². The Kier molecular flexibility index (Phi) is 8.14. The van der Waals surface area contributed by atoms with Crippen LogP contribution in [-0.4, -0.2) is 9.55 Å². The third-order valence-electron chi connectivity index (χ3n) is 13.4. The molecule has 1 aromatic heterocycles. The molecule has 1 N–H and O–H groups in total. The van der Waals surface area contributed by atoms with Crippen molar-refractivity contribution in [2.45, 2.75) is 50.9 Å². The fourth-order valence-electron chi connectivity index (χ4n) is 10.7. The number of hydrogen-bond donors (Lipinski definition) is 1. The number of fused-ring (bicyclic) bond motifs is 11. The fourth-order valence-corrected chi connectivity index (χ4v) is 10.7. The van der Waals surface area contributed by atoms with Gasteiger partial charge in [-0.2, -0.15) is 0 Å². The Labute approximate surface area is 345 Å². The van der Waals surface area contributed by atoms with Crippen molar-refractivity contribution in [1.29, 1.82) is 0 Å². The zero-order valence-electron chi connectivity index (χ0n) is 33.2. The number of rotatable bonds is 5. The third-order valence-corrected chi connectivity index (χ3v) is 13.4. The van der Waals surface area contributed by atoms with Gasteiger partial charge in [0.2, 0.25) is 0 Å². The summed E-state index contributed by atoms with van der Waals surface area (Å²) >= 11 is 0. The number of allylic oxidation sites excluding steroid dienone is 6. The van der Waals surface area contributed by atoms with E-state index in [1.807, 2.05) is 0 Å². The second-order valence-corrected chi connectivity index (χ2v) is 16.9. The van der Waals surface area contributed by atoms with Crippen LogP contribution in [0.1, 0.15) is 60.5 Å². The van der Waals surface area contributed by atoms with Crippen LogP contribution in [0.4, 0.5) is 0 Å². The van der Waals surface area contributed by atoms with Crippen molar-refractivity contribution in [2.75, 3.05) is 0 Å². The van der Waals surface area contributed by atoms with E-state index in [4.69, 9.17) is 4.98 Å². The van der Waals surface area contributed by atoms with Crippen molar-refractivity contribution < 1.29 is 0 Å². The lowest BCUT2D eigenvalue weighted by atomic mass is 9.71. The molecule has 1 saturated heterocycles. The number of benzene rings is 7. The summed E-state index contributed by atoms with van der Waals surface area (Å²) < 4.78 is 2.42. The molecule has 0 saturated carbocycles. The van der Waals surface area contributed by atoms with Gasteiger partial charge in [-0.3, -0.25) is 4.57 Å². The highest BCUT2D eigenvalue weighted by Gasteiger charge is 2.30. The molecule has 12 rings (SSSR count). The molecule has 8 aromatic rings. The fraction of sp³-hybridized carbons (Fsp3) is 0.161. The van der Waals surface area contributed by atoms with Gasteiger partial charge >= 0.3 is 0 Å². The molecule has 4 aliphatic rings. The topological polar surface area (TPSA) is 29.9 Å². The van der Waals surface area contributed by atoms with Crippen LogP contribution in [0.15, 0.2) is 170 Å². The molecule has 0 amide bonds. The largest absolute Gasteiger partial charge is 0.362 e. The minimum Gasteiger partial charge on any atom is -0.362 e. The minimum absolute atomic E-state index is 0.413. The molecule has 2 bridgehead atoms. The van der Waals surface area contributed by atoms with Gasteiger partial charge in [0.05, 0.1) is 11.0 Å². The zero-order valence-corrected chi connectivity index (χ0v) is 33.2. The molecule has 3 heteroatoms. The van der Waals surface area contributed by atoms with Gasteiger partial charge in [0, 0.05) is 34.6 Å². The predicted molar refractivity (Wildman–Crippen MR) is 246 cm³/mol. The van der Waals surface area contributed by atoms with E-state index in [-0.39, 0.29) is 0 Å². The Morgan fingerprint density at radius 2 is 1.34 bits per heavy atom. The van der Waals surface area contributed by atoms with Gasteiger partial charge in [0.25, 0.3) is 0 Å². The Hall–Kier alpha value is -6.71. The number of nitrogens with zero attached hydrogens (tertiary/aromatic N) is 2. The van der Waals surface area contributed by atoms with Crippen molar-refractivity contribution in [1.82, 2.24) is 14.9 Å². The van der Waals surface area contributed by atoms with Crippen LogP contribution >= 0.6 is 0 Å². The van der Waals surface area contributed by atoms with Gasteiger partial charge in [0.15, 0.2) is 0 Å². The number of para-hydroxylation sites is 2. The summed E-state index contributed by atoms with van der Waals surface area (Å²) in [5, 5.41) is 11.8. The first-order valence-electron chi connectivity index (χ1n) is 21.5. The molecular formula is C56H45N3. The molecule has 2 aliphatic carbocycles. The SMILES string of the molecule is C1=CC2CCc3cc(-c4cc(-c5cc6c(c7ccccc57)=C5CCCCC(=CC=6)N5)cc(-n5c(Cc6ccccc6)nc6ccccc65)c4)c4ccccc4c3C2C=C1. The van der Waals surface area contributed by atoms with Crippen LogP contribution < -0.4 is 15.8 Å². The maximum Gasteiger partial charge on any atom is 0.118 e. The molecule has 59 heavy (non-hydrogen) atoms. The lowest BCUT2D eigenvalue weighted by molar-refractivity contribution is 0.502. The van der Waals surface area contributed by atoms with E-state index in [9.17, 15) is 0 Å². The van der Waals surface area contributed by atoms with Crippen molar-refractivity contribution >= 4 is 44.4 Å². The number of aromatic nitrogens is 2. The van der Waals surface area contributed by atoms with E-state index < -0.39 is 0 Å². The lowest BCUT2D eigenvalue weighted by Crippen LogP contribution is -2.31. The van der Waals surface area contributed by atoms with E-state index in [0.29, 0.717) is 11.8 Å². The summed E-state index contributed by atoms with van der Waals surface area (Å²) in [5.41, 5.74) is 15.2. The number of aryl methyl sites for hydroxylation is 1. The molecule has 2 aliphatic heterocycles. The minimum atomic E-state index is 0.413. The van der Waals surface area contributed by atoms with Crippen LogP contribution in [0, 0.1) is 5.92 Å². The van der Waals surface area contributed by atoms with E-state index in [0.717, 1.165) is 48.2 Å². The highest BCUT2D eigenvalue weighted by molar-refractivity contribution is 6.03. The maximum absolute atomic E-state index is 5.32. The Bertz CT molecular complexity index is 3230. The first kappa shape index (κ1) is 34.3. The zero-order chi connectivity index (χ0) is 38.9. The number of hydrogen-bond acceptors (Lipinski definition) is 2. The summed E-state index contributed by atoms with van der Waals surface area (Å²) in [6.45, 7) is 0.